The van der Waals surface area contributed by atoms with E-state index in [4.69, 9.17) is 5.73 Å². The van der Waals surface area contributed by atoms with E-state index in [0.717, 1.165) is 0 Å². The minimum atomic E-state index is -0.370. The van der Waals surface area contributed by atoms with Crippen LogP contribution in [0.4, 0.5) is 26.8 Å². The second kappa shape index (κ2) is 7.95. The SMILES string of the molecule is Nc1nc(CSCCN2C(=O)CNC2=O)nc(Nc2ccc(F)cc2)n1. The summed E-state index contributed by atoms with van der Waals surface area (Å²) in [5.74, 6) is 1.20. The lowest BCUT2D eigenvalue weighted by molar-refractivity contribution is -0.124. The fraction of sp³-hybridized carbons (Fsp3) is 0.267. The highest BCUT2D eigenvalue weighted by Gasteiger charge is 2.27. The van der Waals surface area contributed by atoms with Gasteiger partial charge in [-0.05, 0) is 24.3 Å². The molecule has 0 saturated carbocycles. The van der Waals surface area contributed by atoms with Crippen molar-refractivity contribution in [1.82, 2.24) is 25.2 Å². The van der Waals surface area contributed by atoms with Gasteiger partial charge in [-0.25, -0.2) is 9.18 Å². The van der Waals surface area contributed by atoms with Gasteiger partial charge in [-0.15, -0.1) is 0 Å². The average molecular weight is 377 g/mol. The lowest BCUT2D eigenvalue weighted by Gasteiger charge is -2.11. The zero-order chi connectivity index (χ0) is 18.5. The minimum Gasteiger partial charge on any atom is -0.368 e. The van der Waals surface area contributed by atoms with Crippen LogP contribution in [0.1, 0.15) is 5.82 Å². The van der Waals surface area contributed by atoms with E-state index >= 15 is 0 Å². The summed E-state index contributed by atoms with van der Waals surface area (Å²) in [6.07, 6.45) is 0. The zero-order valence-corrected chi connectivity index (χ0v) is 14.4. The molecule has 0 spiro atoms. The van der Waals surface area contributed by atoms with Crippen LogP contribution in [-0.2, 0) is 10.5 Å². The van der Waals surface area contributed by atoms with E-state index in [2.05, 4.69) is 25.6 Å². The van der Waals surface area contributed by atoms with Gasteiger partial charge in [-0.1, -0.05) is 0 Å². The van der Waals surface area contributed by atoms with Crippen molar-refractivity contribution < 1.29 is 14.0 Å². The van der Waals surface area contributed by atoms with Crippen molar-refractivity contribution >= 4 is 41.3 Å². The maximum absolute atomic E-state index is 12.9. The lowest BCUT2D eigenvalue weighted by Crippen LogP contribution is -2.32. The van der Waals surface area contributed by atoms with E-state index < -0.39 is 0 Å². The highest BCUT2D eigenvalue weighted by Crippen LogP contribution is 2.16. The Morgan fingerprint density at radius 1 is 1.23 bits per heavy atom. The first-order chi connectivity index (χ1) is 12.5. The van der Waals surface area contributed by atoms with E-state index in [1.165, 1.54) is 28.8 Å². The number of benzene rings is 1. The number of imide groups is 1. The molecule has 1 fully saturated rings. The Morgan fingerprint density at radius 2 is 2.00 bits per heavy atom. The van der Waals surface area contributed by atoms with E-state index in [9.17, 15) is 14.0 Å². The molecule has 2 heterocycles. The molecule has 1 aliphatic heterocycles. The number of rotatable bonds is 7. The van der Waals surface area contributed by atoms with Crippen molar-refractivity contribution in [2.24, 2.45) is 0 Å². The topological polar surface area (TPSA) is 126 Å². The first-order valence-corrected chi connectivity index (χ1v) is 8.86. The van der Waals surface area contributed by atoms with Crippen LogP contribution in [0.15, 0.2) is 24.3 Å². The van der Waals surface area contributed by atoms with Gasteiger partial charge in [0.05, 0.1) is 12.3 Å². The summed E-state index contributed by atoms with van der Waals surface area (Å²) in [7, 11) is 0. The molecule has 1 aromatic carbocycles. The summed E-state index contributed by atoms with van der Waals surface area (Å²) < 4.78 is 12.9. The van der Waals surface area contributed by atoms with Crippen LogP contribution in [0.2, 0.25) is 0 Å². The van der Waals surface area contributed by atoms with Crippen LogP contribution in [0.5, 0.6) is 0 Å². The number of carbonyl (C=O) groups is 2. The number of thioether (sulfide) groups is 1. The summed E-state index contributed by atoms with van der Waals surface area (Å²) in [5.41, 5.74) is 6.32. The molecule has 0 aliphatic carbocycles. The largest absolute Gasteiger partial charge is 0.368 e. The Labute approximate surface area is 152 Å². The highest BCUT2D eigenvalue weighted by atomic mass is 32.2. The summed E-state index contributed by atoms with van der Waals surface area (Å²) >= 11 is 1.46. The van der Waals surface area contributed by atoms with Crippen LogP contribution >= 0.6 is 11.8 Å². The molecule has 1 saturated heterocycles. The molecule has 1 aliphatic rings. The molecule has 1 aromatic heterocycles. The van der Waals surface area contributed by atoms with Crippen LogP contribution in [-0.4, -0.2) is 50.6 Å². The standard InChI is InChI=1S/C15H16FN7O2S/c16-9-1-3-10(4-2-9)19-14-21-11(20-13(17)22-14)8-26-6-5-23-12(24)7-18-15(23)25/h1-4H,5-8H2,(H,18,25)(H3,17,19,20,21,22). The van der Waals surface area contributed by atoms with Crippen LogP contribution in [0.25, 0.3) is 0 Å². The monoisotopic (exact) mass is 377 g/mol. The number of hydrogen-bond acceptors (Lipinski definition) is 8. The van der Waals surface area contributed by atoms with Crippen molar-refractivity contribution in [2.75, 3.05) is 29.9 Å². The molecule has 0 bridgehead atoms. The van der Waals surface area contributed by atoms with Gasteiger partial charge >= 0.3 is 6.03 Å². The molecule has 136 valence electrons. The maximum atomic E-state index is 12.9. The third-order valence-electron chi connectivity index (χ3n) is 3.43. The Kier molecular flexibility index (Phi) is 5.46. The van der Waals surface area contributed by atoms with Crippen LogP contribution < -0.4 is 16.4 Å². The number of nitrogens with two attached hydrogens (primary N) is 1. The van der Waals surface area contributed by atoms with Crippen molar-refractivity contribution in [2.45, 2.75) is 5.75 Å². The van der Waals surface area contributed by atoms with Gasteiger partial charge in [0.25, 0.3) is 0 Å². The fourth-order valence-corrected chi connectivity index (χ4v) is 2.99. The number of halogens is 1. The van der Waals surface area contributed by atoms with Crippen molar-refractivity contribution in [3.05, 3.63) is 35.9 Å². The quantitative estimate of drug-likeness (QED) is 0.484. The summed E-state index contributed by atoms with van der Waals surface area (Å²) in [5, 5.41) is 5.40. The van der Waals surface area contributed by atoms with E-state index in [1.54, 1.807) is 12.1 Å². The Balaban J connectivity index is 1.54. The van der Waals surface area contributed by atoms with Gasteiger partial charge in [0.1, 0.15) is 11.6 Å². The van der Waals surface area contributed by atoms with Gasteiger partial charge in [-0.3, -0.25) is 9.69 Å². The molecule has 0 radical (unpaired) electrons. The van der Waals surface area contributed by atoms with Gasteiger partial charge in [0.2, 0.25) is 17.8 Å². The third-order valence-corrected chi connectivity index (χ3v) is 4.36. The molecule has 3 rings (SSSR count). The Bertz CT molecular complexity index is 802. The predicted octanol–water partition coefficient (Wildman–Crippen LogP) is 1.12. The summed E-state index contributed by atoms with van der Waals surface area (Å²) in [6, 6.07) is 5.38. The number of hydrogen-bond donors (Lipinski definition) is 3. The normalized spacial score (nSPS) is 13.8. The summed E-state index contributed by atoms with van der Waals surface area (Å²) in [4.78, 5) is 36.4. The van der Waals surface area contributed by atoms with Crippen molar-refractivity contribution in [3.8, 4) is 0 Å². The molecule has 2 aromatic rings. The smallest absolute Gasteiger partial charge is 0.324 e. The number of nitrogens with one attached hydrogen (secondary N) is 2. The first-order valence-electron chi connectivity index (χ1n) is 7.70. The molecular formula is C15H16FN7O2S. The molecule has 9 nitrogen and oxygen atoms in total. The second-order valence-electron chi connectivity index (χ2n) is 5.32. The van der Waals surface area contributed by atoms with Gasteiger partial charge in [0, 0.05) is 18.0 Å². The van der Waals surface area contributed by atoms with Crippen molar-refractivity contribution in [3.63, 3.8) is 0 Å². The molecule has 11 heteroatoms. The zero-order valence-electron chi connectivity index (χ0n) is 13.6. The molecule has 0 unspecified atom stereocenters. The van der Waals surface area contributed by atoms with E-state index in [1.807, 2.05) is 0 Å². The first kappa shape index (κ1) is 17.9. The molecular weight excluding hydrogens is 361 g/mol. The van der Waals surface area contributed by atoms with Crippen LogP contribution in [0, 0.1) is 5.82 Å². The highest BCUT2D eigenvalue weighted by molar-refractivity contribution is 7.98. The maximum Gasteiger partial charge on any atom is 0.324 e. The molecule has 26 heavy (non-hydrogen) atoms. The number of nitrogen functional groups attached to an aromatic ring is 1. The van der Waals surface area contributed by atoms with E-state index in [-0.39, 0.29) is 36.2 Å². The number of aromatic nitrogens is 3. The number of amides is 3. The van der Waals surface area contributed by atoms with Gasteiger partial charge < -0.3 is 16.4 Å². The third kappa shape index (κ3) is 4.57. The lowest BCUT2D eigenvalue weighted by atomic mass is 10.3. The van der Waals surface area contributed by atoms with Gasteiger partial charge in [-0.2, -0.15) is 26.7 Å². The Morgan fingerprint density at radius 3 is 2.69 bits per heavy atom. The molecule has 0 atom stereocenters. The minimum absolute atomic E-state index is 0.0475. The molecule has 4 N–H and O–H groups in total. The van der Waals surface area contributed by atoms with Crippen LogP contribution in [0.3, 0.4) is 0 Å². The molecule has 3 amide bonds. The number of carbonyl (C=O) groups excluding carboxylic acids is 2. The van der Waals surface area contributed by atoms with Crippen molar-refractivity contribution in [1.29, 1.82) is 0 Å². The number of nitrogens with zero attached hydrogens (tertiary/aromatic N) is 4. The summed E-state index contributed by atoms with van der Waals surface area (Å²) in [6.45, 7) is 0.364. The van der Waals surface area contributed by atoms with Gasteiger partial charge in [0.15, 0.2) is 0 Å². The predicted molar refractivity (Wildman–Crippen MR) is 95.2 cm³/mol. The van der Waals surface area contributed by atoms with E-state index in [0.29, 0.717) is 29.6 Å². The average Bonchev–Trinajstić information content (AvgIpc) is 2.92. The second-order valence-corrected chi connectivity index (χ2v) is 6.43. The Hall–Kier alpha value is -2.95. The number of urea groups is 1. The fourth-order valence-electron chi connectivity index (χ4n) is 2.22. The number of anilines is 3.